The van der Waals surface area contributed by atoms with Gasteiger partial charge in [-0.05, 0) is 38.8 Å². The number of anilines is 1. The van der Waals surface area contributed by atoms with Crippen molar-refractivity contribution < 1.29 is 26.5 Å². The average Bonchev–Trinajstić information content (AvgIpc) is 2.97. The van der Waals surface area contributed by atoms with Gasteiger partial charge in [-0.2, -0.15) is 4.31 Å². The number of aryl methyl sites for hydroxylation is 2. The molecular weight excluding hydrogens is 380 g/mol. The van der Waals surface area contributed by atoms with E-state index in [4.69, 9.17) is 4.52 Å². The summed E-state index contributed by atoms with van der Waals surface area (Å²) in [7, 11) is -3.84. The van der Waals surface area contributed by atoms with Crippen LogP contribution in [0.3, 0.4) is 0 Å². The van der Waals surface area contributed by atoms with Crippen LogP contribution in [0.1, 0.15) is 24.3 Å². The van der Waals surface area contributed by atoms with Crippen molar-refractivity contribution >= 4 is 21.6 Å². The second-order valence-corrected chi connectivity index (χ2v) is 8.35. The Morgan fingerprint density at radius 1 is 1.30 bits per heavy atom. The van der Waals surface area contributed by atoms with Crippen LogP contribution in [0.15, 0.2) is 27.6 Å². The third-order valence-electron chi connectivity index (χ3n) is 4.51. The van der Waals surface area contributed by atoms with Gasteiger partial charge in [0, 0.05) is 24.8 Å². The van der Waals surface area contributed by atoms with Crippen LogP contribution in [0.4, 0.5) is 14.5 Å². The van der Waals surface area contributed by atoms with Crippen LogP contribution >= 0.6 is 0 Å². The lowest BCUT2D eigenvalue weighted by Gasteiger charge is -2.31. The number of nitrogens with one attached hydrogen (secondary N) is 1. The van der Waals surface area contributed by atoms with E-state index >= 15 is 0 Å². The summed E-state index contributed by atoms with van der Waals surface area (Å²) in [4.78, 5) is 12.5. The molecule has 1 saturated heterocycles. The summed E-state index contributed by atoms with van der Waals surface area (Å²) in [5, 5.41) is 6.19. The average molecular weight is 399 g/mol. The number of carbonyl (C=O) groups excluding carboxylic acids is 1. The van der Waals surface area contributed by atoms with E-state index < -0.39 is 33.5 Å². The van der Waals surface area contributed by atoms with Crippen LogP contribution < -0.4 is 5.32 Å². The van der Waals surface area contributed by atoms with Crippen molar-refractivity contribution in [3.05, 3.63) is 41.3 Å². The molecule has 0 radical (unpaired) electrons. The van der Waals surface area contributed by atoms with Crippen LogP contribution in [0.25, 0.3) is 0 Å². The lowest BCUT2D eigenvalue weighted by Crippen LogP contribution is -2.43. The lowest BCUT2D eigenvalue weighted by atomic mass is 9.98. The summed E-state index contributed by atoms with van der Waals surface area (Å²) in [5.74, 6) is -2.94. The lowest BCUT2D eigenvalue weighted by molar-refractivity contribution is -0.120. The molecular formula is C17H19F2N3O4S. The van der Waals surface area contributed by atoms with Gasteiger partial charge in [0.05, 0.1) is 5.92 Å². The number of piperidine rings is 1. The zero-order chi connectivity index (χ0) is 19.8. The Bertz CT molecular complexity index is 955. The largest absolute Gasteiger partial charge is 0.360 e. The van der Waals surface area contributed by atoms with Gasteiger partial charge in [-0.3, -0.25) is 4.79 Å². The highest BCUT2D eigenvalue weighted by Gasteiger charge is 2.36. The van der Waals surface area contributed by atoms with Crippen molar-refractivity contribution in [3.8, 4) is 0 Å². The molecule has 1 aliphatic rings. The van der Waals surface area contributed by atoms with Crippen LogP contribution in [0, 0.1) is 31.4 Å². The Labute approximate surface area is 155 Å². The molecule has 0 spiro atoms. The summed E-state index contributed by atoms with van der Waals surface area (Å²) in [5.41, 5.74) is 0.380. The molecule has 7 nitrogen and oxygen atoms in total. The predicted octanol–water partition coefficient (Wildman–Crippen LogP) is 2.61. The highest BCUT2D eigenvalue weighted by molar-refractivity contribution is 7.89. The molecule has 2 heterocycles. The van der Waals surface area contributed by atoms with Gasteiger partial charge in [0.1, 0.15) is 10.6 Å². The van der Waals surface area contributed by atoms with E-state index in [2.05, 4.69) is 10.5 Å². The molecule has 3 rings (SSSR count). The predicted molar refractivity (Wildman–Crippen MR) is 92.4 cm³/mol. The van der Waals surface area contributed by atoms with E-state index in [1.807, 2.05) is 0 Å². The Morgan fingerprint density at radius 2 is 2.04 bits per heavy atom. The topological polar surface area (TPSA) is 92.5 Å². The maximum atomic E-state index is 13.3. The third-order valence-corrected chi connectivity index (χ3v) is 6.62. The minimum absolute atomic E-state index is 0.0120. The molecule has 2 aromatic rings. The quantitative estimate of drug-likeness (QED) is 0.853. The molecule has 10 heteroatoms. The summed E-state index contributed by atoms with van der Waals surface area (Å²) in [6.07, 6.45) is 0.988. The first kappa shape index (κ1) is 19.4. The highest BCUT2D eigenvalue weighted by atomic mass is 32.2. The number of amides is 1. The summed E-state index contributed by atoms with van der Waals surface area (Å²) >= 11 is 0. The van der Waals surface area contributed by atoms with Crippen LogP contribution in [0.5, 0.6) is 0 Å². The maximum Gasteiger partial charge on any atom is 0.248 e. The van der Waals surface area contributed by atoms with Crippen molar-refractivity contribution in [2.24, 2.45) is 5.92 Å². The van der Waals surface area contributed by atoms with E-state index in [-0.39, 0.29) is 35.1 Å². The van der Waals surface area contributed by atoms with Crippen LogP contribution in [0.2, 0.25) is 0 Å². The van der Waals surface area contributed by atoms with Crippen molar-refractivity contribution in [2.45, 2.75) is 31.6 Å². The molecule has 0 bridgehead atoms. The van der Waals surface area contributed by atoms with Crippen molar-refractivity contribution in [1.82, 2.24) is 9.46 Å². The van der Waals surface area contributed by atoms with E-state index in [9.17, 15) is 22.0 Å². The van der Waals surface area contributed by atoms with Crippen molar-refractivity contribution in [3.63, 3.8) is 0 Å². The SMILES string of the molecule is Cc1noc(C)c1S(=O)(=O)N1CCC[C@H](C(=O)Nc2ccc(F)c(F)c2)C1. The zero-order valence-corrected chi connectivity index (χ0v) is 15.6. The maximum absolute atomic E-state index is 13.3. The number of hydrogen-bond donors (Lipinski definition) is 1. The van der Waals surface area contributed by atoms with Crippen LogP contribution in [-0.2, 0) is 14.8 Å². The fourth-order valence-electron chi connectivity index (χ4n) is 3.16. The second-order valence-electron chi connectivity index (χ2n) is 6.47. The van der Waals surface area contributed by atoms with E-state index in [0.717, 1.165) is 12.1 Å². The van der Waals surface area contributed by atoms with Crippen molar-refractivity contribution in [1.29, 1.82) is 0 Å². The molecule has 0 aliphatic carbocycles. The fraction of sp³-hybridized carbons (Fsp3) is 0.412. The van der Waals surface area contributed by atoms with Gasteiger partial charge in [0.2, 0.25) is 15.9 Å². The molecule has 0 saturated carbocycles. The van der Waals surface area contributed by atoms with Crippen molar-refractivity contribution in [2.75, 3.05) is 18.4 Å². The van der Waals surface area contributed by atoms with Gasteiger partial charge in [0.25, 0.3) is 0 Å². The first-order valence-corrected chi connectivity index (χ1v) is 9.83. The Morgan fingerprint density at radius 3 is 2.67 bits per heavy atom. The Kier molecular flexibility index (Phi) is 5.29. The van der Waals surface area contributed by atoms with Crippen LogP contribution in [-0.4, -0.2) is 36.9 Å². The number of benzene rings is 1. The molecule has 0 unspecified atom stereocenters. The summed E-state index contributed by atoms with van der Waals surface area (Å²) < 4.78 is 58.3. The van der Waals surface area contributed by atoms with E-state index in [1.54, 1.807) is 6.92 Å². The molecule has 1 fully saturated rings. The number of hydrogen-bond acceptors (Lipinski definition) is 5. The second kappa shape index (κ2) is 7.35. The Balaban J connectivity index is 1.75. The van der Waals surface area contributed by atoms with E-state index in [1.165, 1.54) is 17.3 Å². The van der Waals surface area contributed by atoms with Gasteiger partial charge in [0.15, 0.2) is 17.4 Å². The number of halogens is 2. The van der Waals surface area contributed by atoms with Gasteiger partial charge in [-0.1, -0.05) is 5.16 Å². The standard InChI is InChI=1S/C17H19F2N3O4S/c1-10-16(11(2)26-21-10)27(24,25)22-7-3-4-12(9-22)17(23)20-13-5-6-14(18)15(19)8-13/h5-6,8,12H,3-4,7,9H2,1-2H3,(H,20,23)/t12-/m0/s1. The number of aromatic nitrogens is 1. The minimum atomic E-state index is -3.84. The van der Waals surface area contributed by atoms with Gasteiger partial charge >= 0.3 is 0 Å². The molecule has 1 aromatic carbocycles. The highest BCUT2D eigenvalue weighted by Crippen LogP contribution is 2.28. The smallest absolute Gasteiger partial charge is 0.248 e. The summed E-state index contributed by atoms with van der Waals surface area (Å²) in [6, 6.07) is 3.05. The Hall–Kier alpha value is -2.33. The molecule has 1 amide bonds. The molecule has 1 N–H and O–H groups in total. The number of carbonyl (C=O) groups is 1. The number of nitrogens with zero attached hydrogens (tertiary/aromatic N) is 2. The van der Waals surface area contributed by atoms with E-state index in [0.29, 0.717) is 12.8 Å². The van der Waals surface area contributed by atoms with Gasteiger partial charge in [-0.15, -0.1) is 0 Å². The summed E-state index contributed by atoms with van der Waals surface area (Å²) in [6.45, 7) is 3.33. The minimum Gasteiger partial charge on any atom is -0.360 e. The molecule has 27 heavy (non-hydrogen) atoms. The van der Waals surface area contributed by atoms with Gasteiger partial charge < -0.3 is 9.84 Å². The number of sulfonamides is 1. The van der Waals surface area contributed by atoms with Gasteiger partial charge in [-0.25, -0.2) is 17.2 Å². The molecule has 1 aliphatic heterocycles. The first-order chi connectivity index (χ1) is 12.7. The molecule has 1 aromatic heterocycles. The zero-order valence-electron chi connectivity index (χ0n) is 14.8. The molecule has 146 valence electrons. The number of rotatable bonds is 4. The normalized spacial score (nSPS) is 18.4. The first-order valence-electron chi connectivity index (χ1n) is 8.39. The monoisotopic (exact) mass is 399 g/mol. The molecule has 1 atom stereocenters. The fourth-order valence-corrected chi connectivity index (χ4v) is 4.98. The third kappa shape index (κ3) is 3.86.